The highest BCUT2D eigenvalue weighted by Gasteiger charge is 2.33. The number of furan rings is 1. The summed E-state index contributed by atoms with van der Waals surface area (Å²) in [6, 6.07) is 16.6. The first-order valence-corrected chi connectivity index (χ1v) is 18.5. The molecule has 2 heterocycles. The van der Waals surface area contributed by atoms with Crippen molar-refractivity contribution in [2.75, 3.05) is 20.3 Å². The van der Waals surface area contributed by atoms with Crippen molar-refractivity contribution in [3.8, 4) is 33.8 Å². The summed E-state index contributed by atoms with van der Waals surface area (Å²) >= 11 is 1.42. The third-order valence-corrected chi connectivity index (χ3v) is 10.3. The Morgan fingerprint density at radius 3 is 2.19 bits per heavy atom. The molecule has 0 saturated heterocycles. The molecule has 3 aromatic carbocycles. The first kappa shape index (κ1) is 36.6. The number of thiazole rings is 1. The fourth-order valence-electron chi connectivity index (χ4n) is 6.44. The number of hydrogen-bond acceptors (Lipinski definition) is 11. The van der Waals surface area contributed by atoms with Crippen LogP contribution < -0.4 is 18.9 Å². The van der Waals surface area contributed by atoms with E-state index < -0.39 is 5.97 Å². The summed E-state index contributed by atoms with van der Waals surface area (Å²) in [5.74, 6) is 1.11. The molecule has 11 heteroatoms. The summed E-state index contributed by atoms with van der Waals surface area (Å²) in [6.45, 7) is 8.43. The molecule has 0 bridgehead atoms. The molecule has 10 nitrogen and oxygen atoms in total. The van der Waals surface area contributed by atoms with Gasteiger partial charge in [0.2, 0.25) is 0 Å². The fourth-order valence-corrected chi connectivity index (χ4v) is 7.47. The molecule has 52 heavy (non-hydrogen) atoms. The predicted octanol–water partition coefficient (Wildman–Crippen LogP) is 9.32. The zero-order valence-corrected chi connectivity index (χ0v) is 30.6. The van der Waals surface area contributed by atoms with Gasteiger partial charge in [-0.1, -0.05) is 12.6 Å². The Hall–Kier alpha value is -5.16. The number of benzene rings is 3. The maximum Gasteiger partial charge on any atom is 0.330 e. The Labute approximate surface area is 306 Å². The van der Waals surface area contributed by atoms with Crippen LogP contribution in [0.5, 0.6) is 23.0 Å². The lowest BCUT2D eigenvalue weighted by Crippen LogP contribution is -2.30. The largest absolute Gasteiger partial charge is 0.495 e. The molecule has 0 aliphatic heterocycles. The molecule has 6 rings (SSSR count). The van der Waals surface area contributed by atoms with Crippen LogP contribution in [0, 0.1) is 25.7 Å². The van der Waals surface area contributed by atoms with E-state index in [-0.39, 0.29) is 23.8 Å². The van der Waals surface area contributed by atoms with Crippen molar-refractivity contribution in [2.24, 2.45) is 11.8 Å². The number of methoxy groups -OCH3 is 1. The highest BCUT2D eigenvalue weighted by atomic mass is 32.1. The summed E-state index contributed by atoms with van der Waals surface area (Å²) in [5, 5.41) is 1.70. The number of fused-ring (bicyclic) bond motifs is 2. The zero-order valence-electron chi connectivity index (χ0n) is 29.7. The predicted molar refractivity (Wildman–Crippen MR) is 199 cm³/mol. The molecule has 1 aliphatic carbocycles. The lowest BCUT2D eigenvalue weighted by atomic mass is 9.82. The summed E-state index contributed by atoms with van der Waals surface area (Å²) in [5.41, 5.74) is 3.59. The van der Waals surface area contributed by atoms with Crippen molar-refractivity contribution in [1.82, 2.24) is 4.98 Å². The molecular formula is C41H43NO9S. The monoisotopic (exact) mass is 725 g/mol. The highest BCUT2D eigenvalue weighted by Crippen LogP contribution is 2.42. The van der Waals surface area contributed by atoms with E-state index in [0.717, 1.165) is 58.6 Å². The van der Waals surface area contributed by atoms with Gasteiger partial charge >= 0.3 is 17.9 Å². The third kappa shape index (κ3) is 8.82. The van der Waals surface area contributed by atoms with Crippen LogP contribution in [0.25, 0.3) is 32.0 Å². The van der Waals surface area contributed by atoms with Crippen LogP contribution in [0.4, 0.5) is 0 Å². The van der Waals surface area contributed by atoms with Crippen LogP contribution in [0.15, 0.2) is 71.7 Å². The second-order valence-corrected chi connectivity index (χ2v) is 14.1. The van der Waals surface area contributed by atoms with Crippen molar-refractivity contribution < 1.29 is 42.5 Å². The van der Waals surface area contributed by atoms with Gasteiger partial charge in [-0.3, -0.25) is 9.59 Å². The van der Waals surface area contributed by atoms with Crippen molar-refractivity contribution in [1.29, 1.82) is 0 Å². The normalized spacial score (nSPS) is 15.7. The van der Waals surface area contributed by atoms with Crippen LogP contribution in [0.3, 0.4) is 0 Å². The van der Waals surface area contributed by atoms with E-state index in [9.17, 15) is 14.4 Å². The van der Waals surface area contributed by atoms with Gasteiger partial charge in [0, 0.05) is 11.5 Å². The van der Waals surface area contributed by atoms with Gasteiger partial charge in [0.15, 0.2) is 16.5 Å². The summed E-state index contributed by atoms with van der Waals surface area (Å²) in [7, 11) is 1.60. The maximum absolute atomic E-state index is 13.4. The highest BCUT2D eigenvalue weighted by molar-refractivity contribution is 7.22. The van der Waals surface area contributed by atoms with E-state index in [0.29, 0.717) is 78.2 Å². The minimum Gasteiger partial charge on any atom is -0.495 e. The smallest absolute Gasteiger partial charge is 0.330 e. The van der Waals surface area contributed by atoms with Gasteiger partial charge in [-0.2, -0.15) is 0 Å². The number of carbonyl (C=O) groups excluding carboxylic acids is 3. The van der Waals surface area contributed by atoms with Crippen LogP contribution in [0.1, 0.15) is 62.5 Å². The number of esters is 3. The molecule has 1 saturated carbocycles. The second kappa shape index (κ2) is 16.9. The Kier molecular flexibility index (Phi) is 11.9. The average Bonchev–Trinajstić information content (AvgIpc) is 3.79. The van der Waals surface area contributed by atoms with Crippen molar-refractivity contribution in [2.45, 2.75) is 65.2 Å². The number of rotatable bonds is 15. The molecule has 0 spiro atoms. The molecule has 0 unspecified atom stereocenters. The molecule has 1 fully saturated rings. The summed E-state index contributed by atoms with van der Waals surface area (Å²) in [4.78, 5) is 42.2. The van der Waals surface area contributed by atoms with E-state index in [4.69, 9.17) is 33.1 Å². The van der Waals surface area contributed by atoms with Crippen LogP contribution in [0.2, 0.25) is 0 Å². The lowest BCUT2D eigenvalue weighted by molar-refractivity contribution is -0.145. The van der Waals surface area contributed by atoms with Gasteiger partial charge in [-0.15, -0.1) is 11.3 Å². The van der Waals surface area contributed by atoms with E-state index in [2.05, 4.69) is 19.6 Å². The Morgan fingerprint density at radius 1 is 0.846 bits per heavy atom. The van der Waals surface area contributed by atoms with Gasteiger partial charge in [-0.05, 0) is 125 Å². The quantitative estimate of drug-likeness (QED) is 0.0446. The SMILES string of the molecule is C=CC(=O)OCCCCCCOc1ccc(OC(=O)C2CCC(C(=O)Oc3ccc(OC)c4sc(-c5cc6c(C)cc(C)cc6o5)nc34)CC2)cc1. The van der Waals surface area contributed by atoms with Crippen LogP contribution >= 0.6 is 11.3 Å². The Balaban J connectivity index is 0.979. The molecule has 0 N–H and O–H groups in total. The van der Waals surface area contributed by atoms with E-state index in [1.807, 2.05) is 19.1 Å². The Morgan fingerprint density at radius 2 is 1.50 bits per heavy atom. The molecule has 272 valence electrons. The number of aryl methyl sites for hydroxylation is 2. The Bertz CT molecular complexity index is 2050. The minimum atomic E-state index is -0.396. The zero-order chi connectivity index (χ0) is 36.6. The number of ether oxygens (including phenoxy) is 5. The topological polar surface area (TPSA) is 123 Å². The van der Waals surface area contributed by atoms with Gasteiger partial charge < -0.3 is 28.1 Å². The maximum atomic E-state index is 13.4. The van der Waals surface area contributed by atoms with E-state index in [1.165, 1.54) is 11.3 Å². The molecule has 2 aromatic heterocycles. The van der Waals surface area contributed by atoms with Gasteiger partial charge in [-0.25, -0.2) is 9.78 Å². The molecule has 0 radical (unpaired) electrons. The lowest BCUT2D eigenvalue weighted by Gasteiger charge is -2.25. The standard InChI is InChI=1S/C41H43NO9S/c1-5-36(43)48-21-9-7-6-8-20-47-29-14-16-30(17-15-29)49-40(44)27-10-12-28(13-11-27)41(45)51-32-18-19-33(46-4)38-37(32)42-39(52-38)35-24-31-26(3)22-25(2)23-34(31)50-35/h5,14-19,22-24,27-28H,1,6-13,20-21H2,2-4H3. The number of carbonyl (C=O) groups is 3. The van der Waals surface area contributed by atoms with Gasteiger partial charge in [0.25, 0.3) is 0 Å². The van der Waals surface area contributed by atoms with E-state index >= 15 is 0 Å². The van der Waals surface area contributed by atoms with E-state index in [1.54, 1.807) is 43.5 Å². The molecule has 5 aromatic rings. The van der Waals surface area contributed by atoms with Gasteiger partial charge in [0.1, 0.15) is 33.0 Å². The number of unbranched alkanes of at least 4 members (excludes halogenated alkanes) is 3. The van der Waals surface area contributed by atoms with Crippen molar-refractivity contribution >= 4 is 50.4 Å². The first-order valence-electron chi connectivity index (χ1n) is 17.7. The minimum absolute atomic E-state index is 0.301. The third-order valence-electron chi connectivity index (χ3n) is 9.25. The van der Waals surface area contributed by atoms with Crippen molar-refractivity contribution in [3.63, 3.8) is 0 Å². The average molecular weight is 726 g/mol. The molecule has 0 amide bonds. The van der Waals surface area contributed by atoms with Crippen LogP contribution in [-0.2, 0) is 19.1 Å². The number of hydrogen-bond donors (Lipinski definition) is 0. The number of aromatic nitrogens is 1. The molecular weight excluding hydrogens is 683 g/mol. The van der Waals surface area contributed by atoms with Crippen molar-refractivity contribution in [3.05, 3.63) is 78.4 Å². The molecule has 0 atom stereocenters. The summed E-state index contributed by atoms with van der Waals surface area (Å²) < 4.78 is 34.9. The van der Waals surface area contributed by atoms with Gasteiger partial charge in [0.05, 0.1) is 32.2 Å². The second-order valence-electron chi connectivity index (χ2n) is 13.1. The number of nitrogens with zero attached hydrogens (tertiary/aromatic N) is 1. The summed E-state index contributed by atoms with van der Waals surface area (Å²) in [6.07, 6.45) is 6.84. The first-order chi connectivity index (χ1) is 25.2. The van der Waals surface area contributed by atoms with Crippen LogP contribution in [-0.4, -0.2) is 43.2 Å². The fraction of sp³-hybridized carbons (Fsp3) is 0.366. The molecule has 1 aliphatic rings.